The van der Waals surface area contributed by atoms with Gasteiger partial charge in [0.2, 0.25) is 0 Å². The van der Waals surface area contributed by atoms with E-state index in [-0.39, 0.29) is 5.57 Å². The molecule has 0 aromatic heterocycles. The Hall–Kier alpha value is -3.28. The summed E-state index contributed by atoms with van der Waals surface area (Å²) in [5, 5.41) is 2.14. The van der Waals surface area contributed by atoms with Gasteiger partial charge in [0.25, 0.3) is 11.8 Å². The lowest BCUT2D eigenvalue weighted by Gasteiger charge is -2.26. The van der Waals surface area contributed by atoms with Gasteiger partial charge in [0.15, 0.2) is 0 Å². The molecule has 0 saturated carbocycles. The highest BCUT2D eigenvalue weighted by Crippen LogP contribution is 2.22. The Morgan fingerprint density at radius 3 is 2.44 bits per heavy atom. The fourth-order valence-corrected chi connectivity index (χ4v) is 2.54. The summed E-state index contributed by atoms with van der Waals surface area (Å²) in [7, 11) is 0. The Morgan fingerprint density at radius 1 is 1.08 bits per heavy atom. The number of hydrogen-bond acceptors (Lipinski definition) is 3. The summed E-state index contributed by atoms with van der Waals surface area (Å²) in [5.74, 6) is -2.04. The number of anilines is 1. The lowest BCUT2D eigenvalue weighted by molar-refractivity contribution is -0.122. The Balaban J connectivity index is 1.99. The molecular weight excluding hydrogens is 323 g/mol. The van der Waals surface area contributed by atoms with Crippen molar-refractivity contribution in [1.29, 1.82) is 0 Å². The number of imide groups is 2. The van der Waals surface area contributed by atoms with Crippen molar-refractivity contribution in [2.24, 2.45) is 0 Å². The second-order valence-electron chi connectivity index (χ2n) is 5.53. The van der Waals surface area contributed by atoms with Crippen LogP contribution in [0.5, 0.6) is 0 Å². The molecule has 3 rings (SSSR count). The lowest BCUT2D eigenvalue weighted by atomic mass is 10.1. The van der Waals surface area contributed by atoms with E-state index in [9.17, 15) is 18.8 Å². The molecule has 5 nitrogen and oxygen atoms in total. The van der Waals surface area contributed by atoms with E-state index in [0.29, 0.717) is 11.3 Å². The van der Waals surface area contributed by atoms with Gasteiger partial charge in [-0.25, -0.2) is 14.1 Å². The van der Waals surface area contributed by atoms with Crippen molar-refractivity contribution in [2.75, 3.05) is 4.90 Å². The molecule has 1 N–H and O–H groups in total. The van der Waals surface area contributed by atoms with E-state index < -0.39 is 23.7 Å². The molecule has 0 radical (unpaired) electrons. The average Bonchev–Trinajstić information content (AvgIpc) is 2.59. The first-order valence-corrected chi connectivity index (χ1v) is 7.75. The molecule has 0 spiro atoms. The molecule has 1 heterocycles. The van der Waals surface area contributed by atoms with Gasteiger partial charge in [-0.05, 0) is 47.9 Å². The molecule has 1 fully saturated rings. The maximum Gasteiger partial charge on any atom is 0.335 e. The third kappa shape index (κ3) is 3.33. The molecule has 0 atom stereocenters. The number of urea groups is 1. The Morgan fingerprint density at radius 2 is 1.80 bits per heavy atom. The van der Waals surface area contributed by atoms with Crippen molar-refractivity contribution >= 4 is 29.6 Å². The number of halogens is 1. The molecular formula is C19H15FN2O3. The van der Waals surface area contributed by atoms with Crippen LogP contribution >= 0.6 is 0 Å². The molecule has 1 aliphatic rings. The largest absolute Gasteiger partial charge is 0.335 e. The van der Waals surface area contributed by atoms with Crippen molar-refractivity contribution in [3.05, 3.63) is 71.0 Å². The van der Waals surface area contributed by atoms with E-state index in [0.717, 1.165) is 16.9 Å². The van der Waals surface area contributed by atoms with Crippen LogP contribution in [0.2, 0.25) is 0 Å². The van der Waals surface area contributed by atoms with E-state index in [1.165, 1.54) is 24.3 Å². The van der Waals surface area contributed by atoms with Crippen LogP contribution in [0.1, 0.15) is 18.1 Å². The molecule has 2 aromatic rings. The van der Waals surface area contributed by atoms with Crippen molar-refractivity contribution in [1.82, 2.24) is 5.32 Å². The molecule has 0 bridgehead atoms. The van der Waals surface area contributed by atoms with Crippen molar-refractivity contribution in [3.63, 3.8) is 0 Å². The van der Waals surface area contributed by atoms with Crippen LogP contribution in [0.4, 0.5) is 14.9 Å². The minimum Gasteiger partial charge on any atom is -0.273 e. The van der Waals surface area contributed by atoms with Gasteiger partial charge >= 0.3 is 6.03 Å². The number of amides is 4. The number of nitrogens with zero attached hydrogens (tertiary/aromatic N) is 1. The number of barbiturate groups is 1. The molecule has 126 valence electrons. The van der Waals surface area contributed by atoms with Gasteiger partial charge in [0, 0.05) is 0 Å². The summed E-state index contributed by atoms with van der Waals surface area (Å²) in [6, 6.07) is 11.6. The number of carbonyl (C=O) groups is 3. The molecule has 0 aliphatic carbocycles. The third-order valence-electron chi connectivity index (χ3n) is 3.86. The first-order valence-electron chi connectivity index (χ1n) is 7.75. The average molecular weight is 338 g/mol. The van der Waals surface area contributed by atoms with Gasteiger partial charge in [-0.1, -0.05) is 31.2 Å². The predicted octanol–water partition coefficient (Wildman–Crippen LogP) is 3.05. The minimum absolute atomic E-state index is 0.232. The van der Waals surface area contributed by atoms with E-state index >= 15 is 0 Å². The smallest absolute Gasteiger partial charge is 0.273 e. The molecule has 1 saturated heterocycles. The third-order valence-corrected chi connectivity index (χ3v) is 3.86. The van der Waals surface area contributed by atoms with Gasteiger partial charge in [0.1, 0.15) is 11.4 Å². The van der Waals surface area contributed by atoms with Crippen LogP contribution in [-0.2, 0) is 16.0 Å². The van der Waals surface area contributed by atoms with Crippen LogP contribution in [0.3, 0.4) is 0 Å². The van der Waals surface area contributed by atoms with Crippen LogP contribution in [0, 0.1) is 5.82 Å². The lowest BCUT2D eigenvalue weighted by Crippen LogP contribution is -2.54. The maximum atomic E-state index is 13.3. The Labute approximate surface area is 143 Å². The van der Waals surface area contributed by atoms with Gasteiger partial charge < -0.3 is 0 Å². The number of aryl methyl sites for hydroxylation is 1. The van der Waals surface area contributed by atoms with Gasteiger partial charge in [0.05, 0.1) is 5.69 Å². The van der Waals surface area contributed by atoms with Gasteiger partial charge in [-0.15, -0.1) is 0 Å². The molecule has 6 heteroatoms. The summed E-state index contributed by atoms with van der Waals surface area (Å²) in [4.78, 5) is 37.7. The van der Waals surface area contributed by atoms with E-state index in [1.54, 1.807) is 18.2 Å². The van der Waals surface area contributed by atoms with Gasteiger partial charge in [-0.2, -0.15) is 0 Å². The zero-order valence-corrected chi connectivity index (χ0v) is 13.5. The topological polar surface area (TPSA) is 66.5 Å². The van der Waals surface area contributed by atoms with Crippen LogP contribution in [-0.4, -0.2) is 17.8 Å². The second-order valence-corrected chi connectivity index (χ2v) is 5.53. The van der Waals surface area contributed by atoms with Crippen LogP contribution in [0.25, 0.3) is 6.08 Å². The molecule has 2 aromatic carbocycles. The zero-order chi connectivity index (χ0) is 18.0. The second kappa shape index (κ2) is 6.68. The number of carbonyl (C=O) groups excluding carboxylic acids is 3. The van der Waals surface area contributed by atoms with Crippen molar-refractivity contribution in [3.8, 4) is 0 Å². The van der Waals surface area contributed by atoms with Gasteiger partial charge in [-0.3, -0.25) is 14.9 Å². The van der Waals surface area contributed by atoms with E-state index in [4.69, 9.17) is 0 Å². The SMILES string of the molecule is CCc1ccc(N2C(=O)NC(=O)/C(=C\c3cccc(F)c3)C2=O)cc1. The van der Waals surface area contributed by atoms with Crippen molar-refractivity contribution < 1.29 is 18.8 Å². The highest BCUT2D eigenvalue weighted by molar-refractivity contribution is 6.39. The zero-order valence-electron chi connectivity index (χ0n) is 13.5. The fraction of sp³-hybridized carbons (Fsp3) is 0.105. The van der Waals surface area contributed by atoms with Crippen molar-refractivity contribution in [2.45, 2.75) is 13.3 Å². The highest BCUT2D eigenvalue weighted by Gasteiger charge is 2.36. The molecule has 1 aliphatic heterocycles. The summed E-state index contributed by atoms with van der Waals surface area (Å²) in [6.45, 7) is 1.99. The maximum absolute atomic E-state index is 13.3. The fourth-order valence-electron chi connectivity index (χ4n) is 2.54. The molecule has 25 heavy (non-hydrogen) atoms. The predicted molar refractivity (Wildman–Crippen MR) is 91.2 cm³/mol. The quantitative estimate of drug-likeness (QED) is 0.691. The summed E-state index contributed by atoms with van der Waals surface area (Å²) in [5.41, 5.74) is 1.54. The minimum atomic E-state index is -0.810. The van der Waals surface area contributed by atoms with E-state index in [2.05, 4.69) is 5.32 Å². The summed E-state index contributed by atoms with van der Waals surface area (Å²) >= 11 is 0. The standard InChI is InChI=1S/C19H15FN2O3/c1-2-12-6-8-15(9-7-12)22-18(24)16(17(23)21-19(22)25)11-13-4-3-5-14(20)10-13/h3-11H,2H2,1H3,(H,21,23,25)/b16-11+. The highest BCUT2D eigenvalue weighted by atomic mass is 19.1. The summed E-state index contributed by atoms with van der Waals surface area (Å²) < 4.78 is 13.3. The van der Waals surface area contributed by atoms with Crippen LogP contribution in [0.15, 0.2) is 54.1 Å². The monoisotopic (exact) mass is 338 g/mol. The van der Waals surface area contributed by atoms with E-state index in [1.807, 2.05) is 19.1 Å². The summed E-state index contributed by atoms with van der Waals surface area (Å²) in [6.07, 6.45) is 2.09. The normalized spacial score (nSPS) is 16.3. The Bertz CT molecular complexity index is 888. The Kier molecular flexibility index (Phi) is 4.43. The number of rotatable bonds is 3. The first kappa shape index (κ1) is 16.6. The number of nitrogens with one attached hydrogen (secondary N) is 1. The van der Waals surface area contributed by atoms with Crippen LogP contribution < -0.4 is 10.2 Å². The first-order chi connectivity index (χ1) is 12.0. The molecule has 0 unspecified atom stereocenters. The molecule has 4 amide bonds. The number of benzene rings is 2. The number of hydrogen-bond donors (Lipinski definition) is 1.